The molecule has 1 aliphatic heterocycles. The number of benzene rings is 1. The Balaban J connectivity index is 1.71. The third-order valence-corrected chi connectivity index (χ3v) is 5.25. The fraction of sp³-hybridized carbons (Fsp3) is 0.471. The van der Waals surface area contributed by atoms with Crippen molar-refractivity contribution in [2.24, 2.45) is 0 Å². The van der Waals surface area contributed by atoms with Gasteiger partial charge in [0.2, 0.25) is 11.8 Å². The van der Waals surface area contributed by atoms with Crippen molar-refractivity contribution < 1.29 is 9.32 Å². The van der Waals surface area contributed by atoms with Gasteiger partial charge in [-0.25, -0.2) is 0 Å². The van der Waals surface area contributed by atoms with E-state index < -0.39 is 0 Å². The summed E-state index contributed by atoms with van der Waals surface area (Å²) in [7, 11) is 0. The lowest BCUT2D eigenvalue weighted by atomic mass is 9.96. The predicted molar refractivity (Wildman–Crippen MR) is 91.5 cm³/mol. The third-order valence-electron chi connectivity index (χ3n) is 4.14. The summed E-state index contributed by atoms with van der Waals surface area (Å²) in [4.78, 5) is 19.1. The number of hydrogen-bond donors (Lipinski definition) is 0. The van der Waals surface area contributed by atoms with Crippen molar-refractivity contribution in [2.75, 3.05) is 4.90 Å². The van der Waals surface area contributed by atoms with E-state index >= 15 is 0 Å². The van der Waals surface area contributed by atoms with E-state index in [1.54, 1.807) is 6.92 Å². The molecule has 5 nitrogen and oxygen atoms in total. The molecule has 2 atom stereocenters. The molecule has 0 saturated carbocycles. The number of rotatable bonds is 4. The van der Waals surface area contributed by atoms with Gasteiger partial charge in [-0.2, -0.15) is 4.98 Å². The average Bonchev–Trinajstić information content (AvgIpc) is 2.97. The Morgan fingerprint density at radius 1 is 1.48 bits per heavy atom. The van der Waals surface area contributed by atoms with E-state index in [4.69, 9.17) is 4.52 Å². The number of hydrogen-bond acceptors (Lipinski definition) is 5. The van der Waals surface area contributed by atoms with Crippen molar-refractivity contribution in [1.82, 2.24) is 10.1 Å². The minimum Gasteiger partial charge on any atom is -0.338 e. The van der Waals surface area contributed by atoms with Crippen LogP contribution in [-0.4, -0.2) is 27.3 Å². The van der Waals surface area contributed by atoms with Gasteiger partial charge < -0.3 is 9.42 Å². The van der Waals surface area contributed by atoms with Gasteiger partial charge in [0, 0.05) is 11.7 Å². The molecule has 3 rings (SSSR count). The van der Waals surface area contributed by atoms with E-state index in [1.807, 2.05) is 30.0 Å². The molecule has 0 N–H and O–H groups in total. The SMILES string of the molecule is Cc1noc(CS[C@H](C)C(=O)N2c3ccccc3CC[C@H]2C)n1. The molecule has 0 spiro atoms. The predicted octanol–water partition coefficient (Wildman–Crippen LogP) is 3.37. The molecule has 23 heavy (non-hydrogen) atoms. The third kappa shape index (κ3) is 3.42. The van der Waals surface area contributed by atoms with Gasteiger partial charge in [-0.05, 0) is 45.2 Å². The van der Waals surface area contributed by atoms with Gasteiger partial charge in [0.25, 0.3) is 0 Å². The number of carbonyl (C=O) groups is 1. The molecule has 0 saturated heterocycles. The average molecular weight is 331 g/mol. The zero-order chi connectivity index (χ0) is 16.4. The number of carbonyl (C=O) groups excluding carboxylic acids is 1. The first-order valence-electron chi connectivity index (χ1n) is 7.88. The van der Waals surface area contributed by atoms with E-state index in [0.29, 0.717) is 17.5 Å². The van der Waals surface area contributed by atoms with Crippen LogP contribution in [0.5, 0.6) is 0 Å². The first-order chi connectivity index (χ1) is 11.1. The zero-order valence-electron chi connectivity index (χ0n) is 13.7. The number of aryl methyl sites for hydroxylation is 2. The van der Waals surface area contributed by atoms with Gasteiger partial charge >= 0.3 is 0 Å². The van der Waals surface area contributed by atoms with Gasteiger partial charge in [0.1, 0.15) is 0 Å². The molecule has 1 amide bonds. The van der Waals surface area contributed by atoms with Crippen LogP contribution in [0.2, 0.25) is 0 Å². The molecule has 0 fully saturated rings. The number of para-hydroxylation sites is 1. The second kappa shape index (κ2) is 6.74. The summed E-state index contributed by atoms with van der Waals surface area (Å²) in [5, 5.41) is 3.62. The minimum atomic E-state index is -0.157. The van der Waals surface area contributed by atoms with Crippen molar-refractivity contribution >= 4 is 23.4 Å². The molecule has 1 aliphatic rings. The fourth-order valence-electron chi connectivity index (χ4n) is 2.89. The summed E-state index contributed by atoms with van der Waals surface area (Å²) < 4.78 is 5.11. The molecule has 0 radical (unpaired) electrons. The van der Waals surface area contributed by atoms with Crippen molar-refractivity contribution in [3.8, 4) is 0 Å². The summed E-state index contributed by atoms with van der Waals surface area (Å²) in [6.07, 6.45) is 2.03. The zero-order valence-corrected chi connectivity index (χ0v) is 14.5. The summed E-state index contributed by atoms with van der Waals surface area (Å²) in [5.74, 6) is 1.89. The Morgan fingerprint density at radius 2 is 2.26 bits per heavy atom. The maximum atomic E-state index is 12.9. The summed E-state index contributed by atoms with van der Waals surface area (Å²) in [6, 6.07) is 8.41. The van der Waals surface area contributed by atoms with Gasteiger partial charge in [-0.15, -0.1) is 11.8 Å². The number of anilines is 1. The van der Waals surface area contributed by atoms with E-state index in [1.165, 1.54) is 17.3 Å². The highest BCUT2D eigenvalue weighted by molar-refractivity contribution is 7.99. The molecule has 0 aliphatic carbocycles. The van der Waals surface area contributed by atoms with Crippen molar-refractivity contribution in [2.45, 2.75) is 50.7 Å². The Hall–Kier alpha value is -1.82. The molecule has 2 heterocycles. The maximum absolute atomic E-state index is 12.9. The molecule has 0 unspecified atom stereocenters. The number of thioether (sulfide) groups is 1. The van der Waals surface area contributed by atoms with Gasteiger partial charge in [-0.1, -0.05) is 23.4 Å². The molecule has 122 valence electrons. The van der Waals surface area contributed by atoms with Crippen LogP contribution < -0.4 is 4.90 Å². The Kier molecular flexibility index (Phi) is 4.71. The molecule has 2 aromatic rings. The topological polar surface area (TPSA) is 59.2 Å². The number of amides is 1. The van der Waals surface area contributed by atoms with Crippen molar-refractivity contribution in [1.29, 1.82) is 0 Å². The van der Waals surface area contributed by atoms with Crippen molar-refractivity contribution in [3.05, 3.63) is 41.5 Å². The van der Waals surface area contributed by atoms with Gasteiger partial charge in [0.05, 0.1) is 11.0 Å². The highest BCUT2D eigenvalue weighted by Gasteiger charge is 2.31. The van der Waals surface area contributed by atoms with Crippen molar-refractivity contribution in [3.63, 3.8) is 0 Å². The minimum absolute atomic E-state index is 0.144. The second-order valence-corrected chi connectivity index (χ2v) is 7.24. The first kappa shape index (κ1) is 16.1. The molecular weight excluding hydrogens is 310 g/mol. The smallest absolute Gasteiger partial charge is 0.240 e. The Labute approximate surface area is 140 Å². The number of nitrogens with zero attached hydrogens (tertiary/aromatic N) is 3. The van der Waals surface area contributed by atoms with E-state index in [2.05, 4.69) is 23.1 Å². The molecule has 1 aromatic carbocycles. The lowest BCUT2D eigenvalue weighted by Gasteiger charge is -2.36. The summed E-state index contributed by atoms with van der Waals surface area (Å²) in [5.41, 5.74) is 2.31. The monoisotopic (exact) mass is 331 g/mol. The standard InChI is InChI=1S/C17H21N3O2S/c1-11-8-9-14-6-4-5-7-15(14)20(11)17(21)12(2)23-10-16-18-13(3)19-22-16/h4-7,11-12H,8-10H2,1-3H3/t11-,12-/m1/s1. The van der Waals surface area contributed by atoms with Crippen LogP contribution in [0.25, 0.3) is 0 Å². The molecule has 6 heteroatoms. The van der Waals surface area contributed by atoms with E-state index in [9.17, 15) is 4.79 Å². The lowest BCUT2D eigenvalue weighted by molar-refractivity contribution is -0.118. The largest absolute Gasteiger partial charge is 0.338 e. The molecule has 1 aromatic heterocycles. The van der Waals surface area contributed by atoms with E-state index in [0.717, 1.165) is 18.5 Å². The van der Waals surface area contributed by atoms with Gasteiger partial charge in [0.15, 0.2) is 5.82 Å². The summed E-state index contributed by atoms with van der Waals surface area (Å²) in [6.45, 7) is 5.85. The number of aromatic nitrogens is 2. The highest BCUT2D eigenvalue weighted by Crippen LogP contribution is 2.32. The van der Waals surface area contributed by atoms with Crippen LogP contribution in [0, 0.1) is 6.92 Å². The van der Waals surface area contributed by atoms with Crippen LogP contribution in [0.15, 0.2) is 28.8 Å². The van der Waals surface area contributed by atoms with Crippen LogP contribution in [0.4, 0.5) is 5.69 Å². The molecular formula is C17H21N3O2S. The highest BCUT2D eigenvalue weighted by atomic mass is 32.2. The normalized spacial score (nSPS) is 18.6. The maximum Gasteiger partial charge on any atom is 0.240 e. The Bertz CT molecular complexity index is 701. The van der Waals surface area contributed by atoms with E-state index in [-0.39, 0.29) is 17.2 Å². The number of fused-ring (bicyclic) bond motifs is 1. The van der Waals surface area contributed by atoms with Gasteiger partial charge in [-0.3, -0.25) is 4.79 Å². The molecule has 0 bridgehead atoms. The summed E-state index contributed by atoms with van der Waals surface area (Å²) >= 11 is 1.53. The first-order valence-corrected chi connectivity index (χ1v) is 8.93. The second-order valence-electron chi connectivity index (χ2n) is 5.91. The van der Waals surface area contributed by atoms with Crippen LogP contribution in [-0.2, 0) is 17.0 Å². The van der Waals surface area contributed by atoms with Crippen LogP contribution in [0.3, 0.4) is 0 Å². The quantitative estimate of drug-likeness (QED) is 0.860. The lowest BCUT2D eigenvalue weighted by Crippen LogP contribution is -2.45. The van der Waals surface area contributed by atoms with Crippen LogP contribution >= 0.6 is 11.8 Å². The Morgan fingerprint density at radius 3 is 3.00 bits per heavy atom. The van der Waals surface area contributed by atoms with Crippen LogP contribution in [0.1, 0.15) is 37.5 Å². The fourth-order valence-corrected chi connectivity index (χ4v) is 3.65.